The van der Waals surface area contributed by atoms with E-state index in [1.165, 1.54) is 12.1 Å². The van der Waals surface area contributed by atoms with Crippen molar-refractivity contribution in [3.63, 3.8) is 0 Å². The molecule has 0 aliphatic rings. The molecule has 1 atom stereocenters. The lowest BCUT2D eigenvalue weighted by molar-refractivity contribution is 0.626. The Balaban J connectivity index is 3.07. The van der Waals surface area contributed by atoms with Gasteiger partial charge in [0.05, 0.1) is 6.07 Å². The molecular weight excluding hydrogens is 221 g/mol. The van der Waals surface area contributed by atoms with Gasteiger partial charge in [-0.3, -0.25) is 0 Å². The lowest BCUT2D eigenvalue weighted by Gasteiger charge is -2.12. The Morgan fingerprint density at radius 3 is 2.33 bits per heavy atom. The number of nitrogens with zero attached hydrogens (tertiary/aromatic N) is 1. The van der Waals surface area contributed by atoms with E-state index >= 15 is 0 Å². The fourth-order valence-corrected chi connectivity index (χ4v) is 1.09. The molecule has 0 amide bonds. The molecule has 3 heteroatoms. The van der Waals surface area contributed by atoms with E-state index in [0.29, 0.717) is 0 Å². The van der Waals surface area contributed by atoms with E-state index in [2.05, 4.69) is 22.0 Å². The number of benzene rings is 1. The molecule has 0 aliphatic carbocycles. The smallest absolute Gasteiger partial charge is 0.134 e. The minimum Gasteiger partial charge on any atom is -0.207 e. The zero-order valence-corrected chi connectivity index (χ0v) is 8.10. The Kier molecular flexibility index (Phi) is 2.49. The quantitative estimate of drug-likeness (QED) is 0.678. The largest absolute Gasteiger partial charge is 0.207 e. The molecule has 0 aliphatic heterocycles. The summed E-state index contributed by atoms with van der Waals surface area (Å²) in [5, 5.41) is 8.73. The first-order chi connectivity index (χ1) is 5.56. The molecule has 0 radical (unpaired) electrons. The standard InChI is InChI=1S/C9H7BrFN/c1-9(10,6-12)7-2-4-8(11)5-3-7/h2-5H,1H3. The van der Waals surface area contributed by atoms with Crippen molar-refractivity contribution < 1.29 is 4.39 Å². The first-order valence-electron chi connectivity index (χ1n) is 3.42. The second-order valence-corrected chi connectivity index (χ2v) is 4.21. The van der Waals surface area contributed by atoms with E-state index in [9.17, 15) is 4.39 Å². The SMILES string of the molecule is CC(Br)(C#N)c1ccc(F)cc1. The van der Waals surface area contributed by atoms with Crippen molar-refractivity contribution in [2.75, 3.05) is 0 Å². The van der Waals surface area contributed by atoms with Gasteiger partial charge in [0, 0.05) is 0 Å². The Morgan fingerprint density at radius 1 is 1.42 bits per heavy atom. The molecule has 0 heterocycles. The summed E-state index contributed by atoms with van der Waals surface area (Å²) >= 11 is 3.23. The van der Waals surface area contributed by atoms with E-state index < -0.39 is 4.32 Å². The van der Waals surface area contributed by atoms with Crippen LogP contribution in [-0.4, -0.2) is 0 Å². The van der Waals surface area contributed by atoms with Crippen molar-refractivity contribution in [2.24, 2.45) is 0 Å². The second kappa shape index (κ2) is 3.24. The van der Waals surface area contributed by atoms with E-state index in [1.54, 1.807) is 19.1 Å². The molecule has 1 rings (SSSR count). The number of hydrogen-bond donors (Lipinski definition) is 0. The molecule has 0 saturated heterocycles. The third-order valence-electron chi connectivity index (χ3n) is 1.60. The summed E-state index contributed by atoms with van der Waals surface area (Å²) < 4.78 is 11.8. The molecule has 0 fully saturated rings. The molecule has 62 valence electrons. The summed E-state index contributed by atoms with van der Waals surface area (Å²) in [6.45, 7) is 1.72. The van der Waals surface area contributed by atoms with Gasteiger partial charge in [-0.2, -0.15) is 5.26 Å². The summed E-state index contributed by atoms with van der Waals surface area (Å²) in [6, 6.07) is 7.93. The van der Waals surface area contributed by atoms with Crippen LogP contribution in [0.25, 0.3) is 0 Å². The predicted octanol–water partition coefficient (Wildman–Crippen LogP) is 2.96. The van der Waals surface area contributed by atoms with Gasteiger partial charge in [-0.25, -0.2) is 4.39 Å². The van der Waals surface area contributed by atoms with Gasteiger partial charge in [-0.05, 0) is 24.6 Å². The van der Waals surface area contributed by atoms with Gasteiger partial charge in [-0.15, -0.1) is 0 Å². The molecule has 0 spiro atoms. The van der Waals surface area contributed by atoms with E-state index in [-0.39, 0.29) is 5.82 Å². The van der Waals surface area contributed by atoms with Crippen LogP contribution in [0.5, 0.6) is 0 Å². The molecule has 0 aromatic heterocycles. The molecule has 1 aromatic rings. The maximum atomic E-state index is 12.5. The lowest BCUT2D eigenvalue weighted by Crippen LogP contribution is -2.08. The van der Waals surface area contributed by atoms with Crippen molar-refractivity contribution in [3.8, 4) is 6.07 Å². The van der Waals surface area contributed by atoms with Gasteiger partial charge in [0.25, 0.3) is 0 Å². The van der Waals surface area contributed by atoms with E-state index in [0.717, 1.165) is 5.56 Å². The van der Waals surface area contributed by atoms with Crippen molar-refractivity contribution in [1.82, 2.24) is 0 Å². The fraction of sp³-hybridized carbons (Fsp3) is 0.222. The minimum atomic E-state index is -0.722. The number of rotatable bonds is 1. The summed E-state index contributed by atoms with van der Waals surface area (Å²) in [5.74, 6) is -0.292. The molecule has 0 saturated carbocycles. The Bertz CT molecular complexity index is 310. The Labute approximate surface area is 79.0 Å². The molecule has 12 heavy (non-hydrogen) atoms. The monoisotopic (exact) mass is 227 g/mol. The van der Waals surface area contributed by atoms with Crippen LogP contribution in [0.3, 0.4) is 0 Å². The number of nitriles is 1. The summed E-state index contributed by atoms with van der Waals surface area (Å²) in [7, 11) is 0. The topological polar surface area (TPSA) is 23.8 Å². The number of hydrogen-bond acceptors (Lipinski definition) is 1. The lowest BCUT2D eigenvalue weighted by atomic mass is 10.0. The predicted molar refractivity (Wildman–Crippen MR) is 48.3 cm³/mol. The van der Waals surface area contributed by atoms with Crippen LogP contribution >= 0.6 is 15.9 Å². The van der Waals surface area contributed by atoms with Crippen LogP contribution < -0.4 is 0 Å². The maximum absolute atomic E-state index is 12.5. The summed E-state index contributed by atoms with van der Waals surface area (Å²) in [6.07, 6.45) is 0. The third kappa shape index (κ3) is 1.83. The second-order valence-electron chi connectivity index (χ2n) is 2.62. The highest BCUT2D eigenvalue weighted by Gasteiger charge is 2.21. The van der Waals surface area contributed by atoms with Crippen molar-refractivity contribution >= 4 is 15.9 Å². The Morgan fingerprint density at radius 2 is 1.92 bits per heavy atom. The summed E-state index contributed by atoms with van der Waals surface area (Å²) in [5.41, 5.74) is 0.756. The number of alkyl halides is 1. The van der Waals surface area contributed by atoms with Gasteiger partial charge in [0.15, 0.2) is 0 Å². The molecule has 1 nitrogen and oxygen atoms in total. The molecule has 0 bridgehead atoms. The zero-order chi connectivity index (χ0) is 9.19. The van der Waals surface area contributed by atoms with Crippen LogP contribution in [0.2, 0.25) is 0 Å². The minimum absolute atomic E-state index is 0.292. The average molecular weight is 228 g/mol. The molecular formula is C9H7BrFN. The van der Waals surface area contributed by atoms with Crippen molar-refractivity contribution in [1.29, 1.82) is 5.26 Å². The van der Waals surface area contributed by atoms with Gasteiger partial charge in [-0.1, -0.05) is 28.1 Å². The number of halogens is 2. The van der Waals surface area contributed by atoms with Crippen LogP contribution in [-0.2, 0) is 4.32 Å². The fourth-order valence-electron chi connectivity index (χ4n) is 0.827. The molecule has 1 unspecified atom stereocenters. The molecule has 0 N–H and O–H groups in total. The van der Waals surface area contributed by atoms with E-state index in [1.807, 2.05) is 0 Å². The van der Waals surface area contributed by atoms with Crippen LogP contribution in [0.15, 0.2) is 24.3 Å². The molecule has 1 aromatic carbocycles. The average Bonchev–Trinajstić information content (AvgIpc) is 2.05. The normalized spacial score (nSPS) is 14.8. The van der Waals surface area contributed by atoms with Crippen LogP contribution in [0.4, 0.5) is 4.39 Å². The maximum Gasteiger partial charge on any atom is 0.134 e. The van der Waals surface area contributed by atoms with Gasteiger partial charge in [0.2, 0.25) is 0 Å². The highest BCUT2D eigenvalue weighted by Crippen LogP contribution is 2.29. The summed E-state index contributed by atoms with van der Waals surface area (Å²) in [4.78, 5) is 0. The third-order valence-corrected chi connectivity index (χ3v) is 2.23. The van der Waals surface area contributed by atoms with Crippen LogP contribution in [0, 0.1) is 17.1 Å². The highest BCUT2D eigenvalue weighted by molar-refractivity contribution is 9.09. The van der Waals surface area contributed by atoms with Gasteiger partial charge >= 0.3 is 0 Å². The van der Waals surface area contributed by atoms with Gasteiger partial charge < -0.3 is 0 Å². The van der Waals surface area contributed by atoms with E-state index in [4.69, 9.17) is 5.26 Å². The van der Waals surface area contributed by atoms with Crippen LogP contribution in [0.1, 0.15) is 12.5 Å². The zero-order valence-electron chi connectivity index (χ0n) is 6.51. The van der Waals surface area contributed by atoms with Gasteiger partial charge in [0.1, 0.15) is 10.1 Å². The van der Waals surface area contributed by atoms with Crippen molar-refractivity contribution in [3.05, 3.63) is 35.6 Å². The Hall–Kier alpha value is -0.880. The van der Waals surface area contributed by atoms with Crippen molar-refractivity contribution in [2.45, 2.75) is 11.2 Å². The first-order valence-corrected chi connectivity index (χ1v) is 4.22. The highest BCUT2D eigenvalue weighted by atomic mass is 79.9. The first kappa shape index (κ1) is 9.21.